The summed E-state index contributed by atoms with van der Waals surface area (Å²) >= 11 is 1.60. The fourth-order valence-electron chi connectivity index (χ4n) is 2.62. The van der Waals surface area contributed by atoms with Crippen molar-refractivity contribution in [3.8, 4) is 10.7 Å². The number of thiophene rings is 1. The second kappa shape index (κ2) is 6.68. The van der Waals surface area contributed by atoms with E-state index in [0.29, 0.717) is 0 Å². The number of aliphatic hydroxyl groups excluding tert-OH is 1. The number of aliphatic hydroxyl groups is 1. The van der Waals surface area contributed by atoms with Gasteiger partial charge < -0.3 is 14.5 Å². The first kappa shape index (κ1) is 14.7. The minimum atomic E-state index is -0.518. The summed E-state index contributed by atoms with van der Waals surface area (Å²) in [4.78, 5) is 16.9. The van der Waals surface area contributed by atoms with Crippen LogP contribution in [0.2, 0.25) is 0 Å². The van der Waals surface area contributed by atoms with Crippen molar-refractivity contribution in [1.82, 2.24) is 9.55 Å². The minimum Gasteiger partial charge on any atom is -0.396 e. The van der Waals surface area contributed by atoms with Crippen LogP contribution < -0.4 is 0 Å². The monoisotopic (exact) mass is 312 g/mol. The molecule has 1 aromatic carbocycles. The fraction of sp³-hybridized carbons (Fsp3) is 0.176. The molecule has 112 valence electrons. The third kappa shape index (κ3) is 2.73. The van der Waals surface area contributed by atoms with Gasteiger partial charge in [-0.2, -0.15) is 0 Å². The number of hydrogen-bond donors (Lipinski definition) is 1. The van der Waals surface area contributed by atoms with E-state index in [2.05, 4.69) is 4.98 Å². The molecule has 2 aromatic heterocycles. The Labute approximate surface area is 132 Å². The Morgan fingerprint density at radius 2 is 2.05 bits per heavy atom. The van der Waals surface area contributed by atoms with Gasteiger partial charge in [0.25, 0.3) is 0 Å². The van der Waals surface area contributed by atoms with E-state index >= 15 is 0 Å². The maximum Gasteiger partial charge on any atom is 0.150 e. The van der Waals surface area contributed by atoms with Gasteiger partial charge in [0.1, 0.15) is 6.29 Å². The van der Waals surface area contributed by atoms with Crippen LogP contribution in [0.25, 0.3) is 10.7 Å². The maximum atomic E-state index is 11.5. The molecule has 5 heteroatoms. The number of rotatable bonds is 6. The summed E-state index contributed by atoms with van der Waals surface area (Å²) in [6.07, 6.45) is 4.40. The third-order valence-electron chi connectivity index (χ3n) is 3.64. The van der Waals surface area contributed by atoms with Crippen molar-refractivity contribution >= 4 is 17.6 Å². The second-order valence-corrected chi connectivity index (χ2v) is 5.92. The van der Waals surface area contributed by atoms with E-state index in [1.54, 1.807) is 17.5 Å². The molecule has 3 aromatic rings. The van der Waals surface area contributed by atoms with E-state index < -0.39 is 5.92 Å². The highest BCUT2D eigenvalue weighted by Crippen LogP contribution is 2.32. The highest BCUT2D eigenvalue weighted by Gasteiger charge is 2.26. The quantitative estimate of drug-likeness (QED) is 0.712. The third-order valence-corrected chi connectivity index (χ3v) is 4.51. The van der Waals surface area contributed by atoms with Gasteiger partial charge in [-0.3, -0.25) is 0 Å². The molecule has 3 rings (SSSR count). The van der Waals surface area contributed by atoms with Crippen molar-refractivity contribution in [2.24, 2.45) is 5.92 Å². The molecule has 22 heavy (non-hydrogen) atoms. The minimum absolute atomic E-state index is 0.203. The lowest BCUT2D eigenvalue weighted by molar-refractivity contribution is -0.113. The predicted octanol–water partition coefficient (Wildman–Crippen LogP) is 3.01. The SMILES string of the molecule is O=CC(CO)C(c1ccccc1)n1ccnc1-c1cccs1. The Kier molecular flexibility index (Phi) is 4.46. The first-order chi connectivity index (χ1) is 10.8. The first-order valence-electron chi connectivity index (χ1n) is 7.03. The number of nitrogens with zero attached hydrogens (tertiary/aromatic N) is 2. The van der Waals surface area contributed by atoms with Gasteiger partial charge >= 0.3 is 0 Å². The molecular weight excluding hydrogens is 296 g/mol. The average Bonchev–Trinajstić information content (AvgIpc) is 3.24. The number of aromatic nitrogens is 2. The molecule has 2 atom stereocenters. The summed E-state index contributed by atoms with van der Waals surface area (Å²) < 4.78 is 1.97. The smallest absolute Gasteiger partial charge is 0.150 e. The standard InChI is InChI=1S/C17H16N2O2S/c20-11-14(12-21)16(13-5-2-1-3-6-13)19-9-8-18-17(19)15-7-4-10-22-15/h1-11,14,16,21H,12H2. The molecule has 4 nitrogen and oxygen atoms in total. The van der Waals surface area contributed by atoms with Crippen LogP contribution in [-0.4, -0.2) is 27.6 Å². The van der Waals surface area contributed by atoms with Crippen LogP contribution >= 0.6 is 11.3 Å². The van der Waals surface area contributed by atoms with Gasteiger partial charge in [0.15, 0.2) is 5.82 Å². The molecular formula is C17H16N2O2S. The van der Waals surface area contributed by atoms with E-state index in [4.69, 9.17) is 0 Å². The maximum absolute atomic E-state index is 11.5. The molecule has 0 fully saturated rings. The summed E-state index contributed by atoms with van der Waals surface area (Å²) in [6.45, 7) is -0.203. The highest BCUT2D eigenvalue weighted by molar-refractivity contribution is 7.13. The highest BCUT2D eigenvalue weighted by atomic mass is 32.1. The van der Waals surface area contributed by atoms with Crippen molar-refractivity contribution in [3.63, 3.8) is 0 Å². The summed E-state index contributed by atoms with van der Waals surface area (Å²) in [6, 6.07) is 13.4. The van der Waals surface area contributed by atoms with E-state index in [0.717, 1.165) is 22.6 Å². The van der Waals surface area contributed by atoms with E-state index in [-0.39, 0.29) is 12.6 Å². The van der Waals surface area contributed by atoms with Crippen molar-refractivity contribution < 1.29 is 9.90 Å². The summed E-state index contributed by atoms with van der Waals surface area (Å²) in [7, 11) is 0. The van der Waals surface area contributed by atoms with Crippen molar-refractivity contribution in [3.05, 3.63) is 65.8 Å². The van der Waals surface area contributed by atoms with Crippen LogP contribution in [-0.2, 0) is 4.79 Å². The van der Waals surface area contributed by atoms with Crippen molar-refractivity contribution in [2.75, 3.05) is 6.61 Å². The van der Waals surface area contributed by atoms with Crippen LogP contribution in [0.4, 0.5) is 0 Å². The molecule has 0 bridgehead atoms. The second-order valence-electron chi connectivity index (χ2n) is 4.97. The molecule has 0 amide bonds. The van der Waals surface area contributed by atoms with Gasteiger partial charge in [-0.1, -0.05) is 36.4 Å². The van der Waals surface area contributed by atoms with Gasteiger partial charge in [0.05, 0.1) is 23.4 Å². The van der Waals surface area contributed by atoms with Gasteiger partial charge in [-0.15, -0.1) is 11.3 Å². The van der Waals surface area contributed by atoms with Crippen LogP contribution in [0.3, 0.4) is 0 Å². The normalized spacial score (nSPS) is 13.7. The lowest BCUT2D eigenvalue weighted by atomic mass is 9.94. The molecule has 0 spiro atoms. The zero-order valence-electron chi connectivity index (χ0n) is 11.9. The Hall–Kier alpha value is -2.24. The molecule has 1 N–H and O–H groups in total. The molecule has 0 aliphatic carbocycles. The van der Waals surface area contributed by atoms with Gasteiger partial charge in [-0.25, -0.2) is 4.98 Å². The lowest BCUT2D eigenvalue weighted by Gasteiger charge is -2.25. The summed E-state index contributed by atoms with van der Waals surface area (Å²) in [5, 5.41) is 11.6. The molecule has 0 radical (unpaired) electrons. The molecule has 0 saturated heterocycles. The zero-order chi connectivity index (χ0) is 15.4. The number of carbonyl (C=O) groups excluding carboxylic acids is 1. The number of aldehydes is 1. The van der Waals surface area contributed by atoms with Gasteiger partial charge in [0.2, 0.25) is 0 Å². The van der Waals surface area contributed by atoms with Crippen molar-refractivity contribution in [1.29, 1.82) is 0 Å². The van der Waals surface area contributed by atoms with Crippen LogP contribution in [0, 0.1) is 5.92 Å². The molecule has 2 unspecified atom stereocenters. The first-order valence-corrected chi connectivity index (χ1v) is 7.91. The van der Waals surface area contributed by atoms with Gasteiger partial charge in [0, 0.05) is 12.4 Å². The molecule has 0 saturated carbocycles. The van der Waals surface area contributed by atoms with Crippen LogP contribution in [0.1, 0.15) is 11.6 Å². The van der Waals surface area contributed by atoms with E-state index in [1.807, 2.05) is 58.6 Å². The number of benzene rings is 1. The van der Waals surface area contributed by atoms with Gasteiger partial charge in [-0.05, 0) is 17.0 Å². The van der Waals surface area contributed by atoms with E-state index in [1.165, 1.54) is 0 Å². The Balaban J connectivity index is 2.11. The van der Waals surface area contributed by atoms with Crippen LogP contribution in [0.5, 0.6) is 0 Å². The average molecular weight is 312 g/mol. The number of carbonyl (C=O) groups is 1. The summed E-state index contributed by atoms with van der Waals surface area (Å²) in [5.74, 6) is 0.291. The Bertz CT molecular complexity index is 722. The predicted molar refractivity (Wildman–Crippen MR) is 86.8 cm³/mol. The zero-order valence-corrected chi connectivity index (χ0v) is 12.7. The topological polar surface area (TPSA) is 55.1 Å². The van der Waals surface area contributed by atoms with Crippen molar-refractivity contribution in [2.45, 2.75) is 6.04 Å². The number of imidazole rings is 1. The Morgan fingerprint density at radius 3 is 2.68 bits per heavy atom. The molecule has 0 aliphatic rings. The molecule has 2 heterocycles. The number of hydrogen-bond acceptors (Lipinski definition) is 4. The van der Waals surface area contributed by atoms with Crippen LogP contribution in [0.15, 0.2) is 60.2 Å². The lowest BCUT2D eigenvalue weighted by Crippen LogP contribution is -2.25. The largest absolute Gasteiger partial charge is 0.396 e. The molecule has 0 aliphatic heterocycles. The summed E-state index contributed by atoms with van der Waals surface area (Å²) in [5.41, 5.74) is 0.976. The Morgan fingerprint density at radius 1 is 1.23 bits per heavy atom. The fourth-order valence-corrected chi connectivity index (χ4v) is 3.34. The van der Waals surface area contributed by atoms with E-state index in [9.17, 15) is 9.90 Å².